The number of carbonyl (C=O) groups is 1. The molecule has 30 heavy (non-hydrogen) atoms. The van der Waals surface area contributed by atoms with Gasteiger partial charge in [-0.3, -0.25) is 18.9 Å². The molecule has 4 heterocycles. The Morgan fingerprint density at radius 1 is 1.20 bits per heavy atom. The summed E-state index contributed by atoms with van der Waals surface area (Å²) < 4.78 is 9.68. The summed E-state index contributed by atoms with van der Waals surface area (Å²) in [5.41, 5.74) is 1.40. The summed E-state index contributed by atoms with van der Waals surface area (Å²) in [4.78, 5) is 29.0. The van der Waals surface area contributed by atoms with Crippen molar-refractivity contribution in [2.24, 2.45) is 0 Å². The van der Waals surface area contributed by atoms with Crippen LogP contribution in [0.25, 0.3) is 15.7 Å². The maximum Gasteiger partial charge on any atom is 0.291 e. The third kappa shape index (κ3) is 4.28. The van der Waals surface area contributed by atoms with Gasteiger partial charge in [0.2, 0.25) is 5.91 Å². The number of morpholine rings is 1. The predicted octanol–water partition coefficient (Wildman–Crippen LogP) is 1.67. The molecule has 0 atom stereocenters. The standard InChI is InChI=1S/C21H29N5O3S/c1-3-15-12-16-18(30-15)13-17-21(28)25(23-19(4-2)26(16)17)14-20(27)22-6-5-7-24-8-10-29-11-9-24/h12-13H,3-11,14H2,1-2H3,(H,22,27). The van der Waals surface area contributed by atoms with Gasteiger partial charge in [0, 0.05) is 30.9 Å². The molecule has 0 unspecified atom stereocenters. The number of aryl methyl sites for hydroxylation is 2. The second kappa shape index (κ2) is 9.28. The molecule has 9 heteroatoms. The van der Waals surface area contributed by atoms with Crippen molar-refractivity contribution >= 4 is 33.0 Å². The molecule has 1 amide bonds. The Hall–Kier alpha value is -2.23. The summed E-state index contributed by atoms with van der Waals surface area (Å²) in [6.45, 7) is 9.07. The maximum absolute atomic E-state index is 13.0. The number of nitrogens with zero attached hydrogens (tertiary/aromatic N) is 4. The quantitative estimate of drug-likeness (QED) is 0.549. The van der Waals surface area contributed by atoms with Crippen LogP contribution in [-0.4, -0.2) is 64.4 Å². The van der Waals surface area contributed by atoms with Crippen LogP contribution in [0.15, 0.2) is 16.9 Å². The van der Waals surface area contributed by atoms with Gasteiger partial charge < -0.3 is 10.1 Å². The highest BCUT2D eigenvalue weighted by Crippen LogP contribution is 2.29. The van der Waals surface area contributed by atoms with E-state index in [0.29, 0.717) is 18.5 Å². The number of hydrogen-bond donors (Lipinski definition) is 1. The number of ether oxygens (including phenoxy) is 1. The van der Waals surface area contributed by atoms with Crippen molar-refractivity contribution in [3.05, 3.63) is 33.2 Å². The molecule has 8 nitrogen and oxygen atoms in total. The normalized spacial score (nSPS) is 15.3. The molecule has 3 aromatic heterocycles. The fraction of sp³-hybridized carbons (Fsp3) is 0.571. The first-order chi connectivity index (χ1) is 14.6. The van der Waals surface area contributed by atoms with Crippen LogP contribution in [0, 0.1) is 0 Å². The summed E-state index contributed by atoms with van der Waals surface area (Å²) in [6.07, 6.45) is 2.53. The number of amides is 1. The number of fused-ring (bicyclic) bond motifs is 3. The Kier molecular flexibility index (Phi) is 6.50. The maximum atomic E-state index is 13.0. The third-order valence-corrected chi connectivity index (χ3v) is 6.74. The van der Waals surface area contributed by atoms with Crippen LogP contribution < -0.4 is 10.9 Å². The van der Waals surface area contributed by atoms with Gasteiger partial charge in [0.05, 0.1) is 23.4 Å². The highest BCUT2D eigenvalue weighted by Gasteiger charge is 2.17. The summed E-state index contributed by atoms with van der Waals surface area (Å²) in [7, 11) is 0. The van der Waals surface area contributed by atoms with Crippen molar-refractivity contribution in [2.45, 2.75) is 39.7 Å². The number of rotatable bonds is 8. The van der Waals surface area contributed by atoms with Gasteiger partial charge >= 0.3 is 0 Å². The monoisotopic (exact) mass is 431 g/mol. The van der Waals surface area contributed by atoms with E-state index in [1.165, 1.54) is 9.56 Å². The van der Waals surface area contributed by atoms with E-state index < -0.39 is 0 Å². The van der Waals surface area contributed by atoms with Crippen LogP contribution in [0.3, 0.4) is 0 Å². The summed E-state index contributed by atoms with van der Waals surface area (Å²) in [5.74, 6) is 0.611. The molecule has 1 aliphatic rings. The smallest absolute Gasteiger partial charge is 0.291 e. The first kappa shape index (κ1) is 21.0. The lowest BCUT2D eigenvalue weighted by Crippen LogP contribution is -2.39. The molecule has 0 aliphatic carbocycles. The largest absolute Gasteiger partial charge is 0.379 e. The van der Waals surface area contributed by atoms with Gasteiger partial charge in [0.15, 0.2) is 0 Å². The Bertz CT molecular complexity index is 1090. The van der Waals surface area contributed by atoms with Gasteiger partial charge in [-0.25, -0.2) is 4.68 Å². The van der Waals surface area contributed by atoms with Crippen LogP contribution in [0.1, 0.15) is 31.0 Å². The number of hydrogen-bond acceptors (Lipinski definition) is 6. The SMILES string of the molecule is CCc1cc2c(cc3c(=O)n(CC(=O)NCCCN4CCOCC4)nc(CC)n32)s1. The van der Waals surface area contributed by atoms with Gasteiger partial charge in [-0.1, -0.05) is 13.8 Å². The van der Waals surface area contributed by atoms with Crippen molar-refractivity contribution < 1.29 is 9.53 Å². The van der Waals surface area contributed by atoms with Crippen molar-refractivity contribution in [2.75, 3.05) is 39.4 Å². The average Bonchev–Trinajstić information content (AvgIpc) is 3.32. The lowest BCUT2D eigenvalue weighted by atomic mass is 10.3. The van der Waals surface area contributed by atoms with Crippen molar-refractivity contribution in [1.82, 2.24) is 24.4 Å². The third-order valence-electron chi connectivity index (χ3n) is 5.52. The van der Waals surface area contributed by atoms with E-state index in [1.54, 1.807) is 11.3 Å². The summed E-state index contributed by atoms with van der Waals surface area (Å²) in [6, 6.07) is 4.07. The minimum atomic E-state index is -0.225. The molecule has 3 aromatic rings. The molecule has 0 spiro atoms. The van der Waals surface area contributed by atoms with Gasteiger partial charge in [0.25, 0.3) is 5.56 Å². The van der Waals surface area contributed by atoms with Gasteiger partial charge in [-0.15, -0.1) is 11.3 Å². The Labute approximate surface area is 179 Å². The molecule has 0 radical (unpaired) electrons. The predicted molar refractivity (Wildman–Crippen MR) is 118 cm³/mol. The van der Waals surface area contributed by atoms with Gasteiger partial charge in [0.1, 0.15) is 17.9 Å². The van der Waals surface area contributed by atoms with Crippen molar-refractivity contribution in [3.63, 3.8) is 0 Å². The molecule has 1 fully saturated rings. The molecule has 1 N–H and O–H groups in total. The van der Waals surface area contributed by atoms with E-state index in [0.717, 1.165) is 61.7 Å². The highest BCUT2D eigenvalue weighted by molar-refractivity contribution is 7.19. The van der Waals surface area contributed by atoms with Crippen molar-refractivity contribution in [3.8, 4) is 0 Å². The minimum absolute atomic E-state index is 0.0566. The molecule has 0 saturated carbocycles. The topological polar surface area (TPSA) is 80.9 Å². The van der Waals surface area contributed by atoms with E-state index in [1.807, 2.05) is 17.4 Å². The summed E-state index contributed by atoms with van der Waals surface area (Å²) in [5, 5.41) is 7.43. The minimum Gasteiger partial charge on any atom is -0.379 e. The summed E-state index contributed by atoms with van der Waals surface area (Å²) >= 11 is 1.71. The molecule has 162 valence electrons. The fourth-order valence-electron chi connectivity index (χ4n) is 3.90. The van der Waals surface area contributed by atoms with Crippen LogP contribution in [0.5, 0.6) is 0 Å². The number of aromatic nitrogens is 3. The lowest BCUT2D eigenvalue weighted by Gasteiger charge is -2.26. The molecule has 0 aromatic carbocycles. The highest BCUT2D eigenvalue weighted by atomic mass is 32.1. The van der Waals surface area contributed by atoms with E-state index in [9.17, 15) is 9.59 Å². The van der Waals surface area contributed by atoms with E-state index >= 15 is 0 Å². The number of carbonyl (C=O) groups excluding carboxylic acids is 1. The van der Waals surface area contributed by atoms with E-state index in [-0.39, 0.29) is 18.0 Å². The van der Waals surface area contributed by atoms with Crippen molar-refractivity contribution in [1.29, 1.82) is 0 Å². The molecule has 0 bridgehead atoms. The second-order valence-electron chi connectivity index (χ2n) is 7.57. The van der Waals surface area contributed by atoms with Crippen LogP contribution in [-0.2, 0) is 28.9 Å². The zero-order chi connectivity index (χ0) is 21.1. The van der Waals surface area contributed by atoms with Crippen LogP contribution >= 0.6 is 11.3 Å². The Morgan fingerprint density at radius 2 is 2.00 bits per heavy atom. The first-order valence-corrected chi connectivity index (χ1v) is 11.5. The van der Waals surface area contributed by atoms with Crippen LogP contribution in [0.4, 0.5) is 0 Å². The Morgan fingerprint density at radius 3 is 2.73 bits per heavy atom. The molecular formula is C21H29N5O3S. The lowest BCUT2D eigenvalue weighted by molar-refractivity contribution is -0.121. The fourth-order valence-corrected chi connectivity index (χ4v) is 4.92. The van der Waals surface area contributed by atoms with Crippen LogP contribution in [0.2, 0.25) is 0 Å². The number of thiophene rings is 1. The Balaban J connectivity index is 1.45. The molecule has 1 aliphatic heterocycles. The zero-order valence-corrected chi connectivity index (χ0v) is 18.5. The van der Waals surface area contributed by atoms with Gasteiger partial charge in [-0.2, -0.15) is 5.10 Å². The second-order valence-corrected chi connectivity index (χ2v) is 8.74. The first-order valence-electron chi connectivity index (χ1n) is 10.7. The zero-order valence-electron chi connectivity index (χ0n) is 17.6. The number of nitrogens with one attached hydrogen (secondary N) is 1. The average molecular weight is 432 g/mol. The molecular weight excluding hydrogens is 402 g/mol. The molecule has 4 rings (SSSR count). The van der Waals surface area contributed by atoms with Gasteiger partial charge in [-0.05, 0) is 31.5 Å². The molecule has 1 saturated heterocycles. The van der Waals surface area contributed by atoms with E-state index in [2.05, 4.69) is 28.3 Å². The van der Waals surface area contributed by atoms with E-state index in [4.69, 9.17) is 4.74 Å².